The lowest BCUT2D eigenvalue weighted by atomic mass is 10.2. The maximum absolute atomic E-state index is 5.51. The number of anilines is 2. The Morgan fingerprint density at radius 2 is 1.50 bits per heavy atom. The van der Waals surface area contributed by atoms with Gasteiger partial charge in [0.1, 0.15) is 4.32 Å². The van der Waals surface area contributed by atoms with Crippen molar-refractivity contribution in [2.75, 3.05) is 11.2 Å². The number of nitrogens with zero attached hydrogens (tertiary/aromatic N) is 1. The summed E-state index contributed by atoms with van der Waals surface area (Å²) in [4.78, 5) is 4.68. The summed E-state index contributed by atoms with van der Waals surface area (Å²) < 4.78 is 0.884. The van der Waals surface area contributed by atoms with Gasteiger partial charge in [0, 0.05) is 9.79 Å². The minimum atomic E-state index is 0.884. The molecule has 0 unspecified atom stereocenters. The molecule has 0 N–H and O–H groups in total. The van der Waals surface area contributed by atoms with Gasteiger partial charge in [-0.15, -0.1) is 0 Å². The lowest BCUT2D eigenvalue weighted by Gasteiger charge is -2.32. The molecule has 0 saturated heterocycles. The molecule has 4 heteroatoms. The van der Waals surface area contributed by atoms with Crippen LogP contribution in [0.2, 0.25) is 0 Å². The molecule has 0 radical (unpaired) electrons. The number of benzene rings is 2. The third-order valence-corrected chi connectivity index (χ3v) is 5.13. The molecule has 1 heterocycles. The molecular formula is C14H11NS3. The van der Waals surface area contributed by atoms with Crippen LogP contribution in [0.5, 0.6) is 0 Å². The molecule has 18 heavy (non-hydrogen) atoms. The largest absolute Gasteiger partial charge is 0.294 e. The van der Waals surface area contributed by atoms with Crippen LogP contribution < -0.4 is 4.90 Å². The van der Waals surface area contributed by atoms with E-state index in [-0.39, 0.29) is 0 Å². The average Bonchev–Trinajstić information content (AvgIpc) is 2.44. The Labute approximate surface area is 121 Å². The molecular weight excluding hydrogens is 278 g/mol. The zero-order valence-corrected chi connectivity index (χ0v) is 12.2. The van der Waals surface area contributed by atoms with Gasteiger partial charge in [-0.05, 0) is 30.5 Å². The number of hydrogen-bond donors (Lipinski definition) is 0. The predicted octanol–water partition coefficient (Wildman–Crippen LogP) is 4.94. The van der Waals surface area contributed by atoms with E-state index in [1.165, 1.54) is 21.2 Å². The van der Waals surface area contributed by atoms with Crippen molar-refractivity contribution >= 4 is 51.4 Å². The molecule has 1 nitrogen and oxygen atoms in total. The Hall–Kier alpha value is -0.970. The molecule has 90 valence electrons. The Morgan fingerprint density at radius 3 is 2.00 bits per heavy atom. The summed E-state index contributed by atoms with van der Waals surface area (Å²) in [6.45, 7) is 0. The second-order valence-electron chi connectivity index (χ2n) is 3.84. The molecule has 2 aromatic carbocycles. The third-order valence-electron chi connectivity index (χ3n) is 2.79. The standard InChI is InChI=1S/C14H11NS3/c1-17-14(16)15-10-6-2-4-8-12(10)18-13-9-5-3-7-11(13)15/h2-9H,1H3. The second-order valence-corrected chi connectivity index (χ2v) is 6.37. The van der Waals surface area contributed by atoms with Crippen molar-refractivity contribution in [3.8, 4) is 0 Å². The van der Waals surface area contributed by atoms with Gasteiger partial charge in [0.25, 0.3) is 0 Å². The van der Waals surface area contributed by atoms with Gasteiger partial charge in [-0.3, -0.25) is 4.90 Å². The Bertz CT molecular complexity index is 564. The van der Waals surface area contributed by atoms with E-state index in [0.717, 1.165) is 4.32 Å². The van der Waals surface area contributed by atoms with E-state index in [0.29, 0.717) is 0 Å². The number of para-hydroxylation sites is 2. The van der Waals surface area contributed by atoms with E-state index in [1.54, 1.807) is 23.5 Å². The highest BCUT2D eigenvalue weighted by Gasteiger charge is 2.24. The molecule has 0 saturated carbocycles. The summed E-state index contributed by atoms with van der Waals surface area (Å²) in [5, 5.41) is 0. The Morgan fingerprint density at radius 1 is 1.00 bits per heavy atom. The first-order valence-corrected chi connectivity index (χ1v) is 8.00. The van der Waals surface area contributed by atoms with Crippen LogP contribution in [0.15, 0.2) is 58.3 Å². The predicted molar refractivity (Wildman–Crippen MR) is 85.3 cm³/mol. The van der Waals surface area contributed by atoms with Crippen molar-refractivity contribution in [1.29, 1.82) is 0 Å². The molecule has 0 spiro atoms. The first-order chi connectivity index (χ1) is 8.81. The summed E-state index contributed by atoms with van der Waals surface area (Å²) >= 11 is 8.92. The van der Waals surface area contributed by atoms with Crippen LogP contribution in [0.25, 0.3) is 0 Å². The highest BCUT2D eigenvalue weighted by Crippen LogP contribution is 2.48. The summed E-state index contributed by atoms with van der Waals surface area (Å²) in [6, 6.07) is 16.8. The van der Waals surface area contributed by atoms with Crippen LogP contribution in [0.4, 0.5) is 11.4 Å². The number of rotatable bonds is 0. The molecule has 0 atom stereocenters. The van der Waals surface area contributed by atoms with E-state index < -0.39 is 0 Å². The maximum Gasteiger partial charge on any atom is 0.145 e. The van der Waals surface area contributed by atoms with Gasteiger partial charge in [0.2, 0.25) is 0 Å². The van der Waals surface area contributed by atoms with Crippen molar-refractivity contribution < 1.29 is 0 Å². The second kappa shape index (κ2) is 4.96. The van der Waals surface area contributed by atoms with Crippen molar-refractivity contribution in [2.24, 2.45) is 0 Å². The van der Waals surface area contributed by atoms with E-state index in [4.69, 9.17) is 12.2 Å². The van der Waals surface area contributed by atoms with E-state index >= 15 is 0 Å². The molecule has 3 rings (SSSR count). The van der Waals surface area contributed by atoms with Crippen LogP contribution in [-0.4, -0.2) is 10.6 Å². The monoisotopic (exact) mass is 289 g/mol. The molecule has 0 aromatic heterocycles. The smallest absolute Gasteiger partial charge is 0.145 e. The zero-order chi connectivity index (χ0) is 12.5. The lowest BCUT2D eigenvalue weighted by molar-refractivity contribution is 1.22. The molecule has 0 amide bonds. The van der Waals surface area contributed by atoms with Gasteiger partial charge in [-0.1, -0.05) is 60.0 Å². The summed E-state index contributed by atoms with van der Waals surface area (Å²) in [5.41, 5.74) is 2.36. The van der Waals surface area contributed by atoms with Crippen molar-refractivity contribution in [2.45, 2.75) is 9.79 Å². The fourth-order valence-corrected chi connectivity index (χ4v) is 3.63. The van der Waals surface area contributed by atoms with E-state index in [1.807, 2.05) is 6.26 Å². The average molecular weight is 289 g/mol. The van der Waals surface area contributed by atoms with Gasteiger partial charge in [0.15, 0.2) is 0 Å². The minimum absolute atomic E-state index is 0.884. The van der Waals surface area contributed by atoms with Crippen molar-refractivity contribution in [3.05, 3.63) is 48.5 Å². The topological polar surface area (TPSA) is 3.24 Å². The molecule has 1 aliphatic rings. The number of thioether (sulfide) groups is 1. The number of hydrogen-bond acceptors (Lipinski definition) is 3. The van der Waals surface area contributed by atoms with Crippen LogP contribution in [0.1, 0.15) is 0 Å². The fraction of sp³-hybridized carbons (Fsp3) is 0.0714. The van der Waals surface area contributed by atoms with E-state index in [2.05, 4.69) is 53.4 Å². The maximum atomic E-state index is 5.51. The number of thiocarbonyl (C=S) groups is 1. The van der Waals surface area contributed by atoms with Crippen molar-refractivity contribution in [3.63, 3.8) is 0 Å². The third kappa shape index (κ3) is 1.94. The Balaban J connectivity index is 2.20. The highest BCUT2D eigenvalue weighted by atomic mass is 32.2. The van der Waals surface area contributed by atoms with Crippen LogP contribution in [0, 0.1) is 0 Å². The number of fused-ring (bicyclic) bond motifs is 2. The van der Waals surface area contributed by atoms with Gasteiger partial charge < -0.3 is 0 Å². The van der Waals surface area contributed by atoms with Gasteiger partial charge in [-0.25, -0.2) is 0 Å². The minimum Gasteiger partial charge on any atom is -0.294 e. The molecule has 0 fully saturated rings. The lowest BCUT2D eigenvalue weighted by Crippen LogP contribution is -2.24. The quantitative estimate of drug-likeness (QED) is 0.632. The summed E-state index contributed by atoms with van der Waals surface area (Å²) in [5.74, 6) is 0. The zero-order valence-electron chi connectivity index (χ0n) is 9.79. The first-order valence-electron chi connectivity index (χ1n) is 5.55. The molecule has 0 aliphatic carbocycles. The fourth-order valence-electron chi connectivity index (χ4n) is 1.99. The summed E-state index contributed by atoms with van der Waals surface area (Å²) in [7, 11) is 0. The highest BCUT2D eigenvalue weighted by molar-refractivity contribution is 8.23. The molecule has 0 bridgehead atoms. The first kappa shape index (κ1) is 12.1. The Kier molecular flexibility index (Phi) is 3.33. The van der Waals surface area contributed by atoms with Crippen LogP contribution in [-0.2, 0) is 0 Å². The molecule has 1 aliphatic heterocycles. The van der Waals surface area contributed by atoms with Crippen LogP contribution in [0.3, 0.4) is 0 Å². The SMILES string of the molecule is CSC(=S)N1c2ccccc2Sc2ccccc21. The van der Waals surface area contributed by atoms with Crippen LogP contribution >= 0.6 is 35.7 Å². The van der Waals surface area contributed by atoms with Gasteiger partial charge in [-0.2, -0.15) is 0 Å². The van der Waals surface area contributed by atoms with Crippen molar-refractivity contribution in [1.82, 2.24) is 0 Å². The van der Waals surface area contributed by atoms with Gasteiger partial charge in [0.05, 0.1) is 11.4 Å². The van der Waals surface area contributed by atoms with E-state index in [9.17, 15) is 0 Å². The normalized spacial score (nSPS) is 12.8. The van der Waals surface area contributed by atoms with Gasteiger partial charge >= 0.3 is 0 Å². The summed E-state index contributed by atoms with van der Waals surface area (Å²) in [6.07, 6.45) is 2.02. The molecule has 2 aromatic rings.